The number of ether oxygens (including phenoxy) is 2. The van der Waals surface area contributed by atoms with Crippen LogP contribution in [-0.4, -0.2) is 20.2 Å². The maximum Gasteiger partial charge on any atom is 0.293 e. The number of rotatable bonds is 5. The fourth-order valence-corrected chi connectivity index (χ4v) is 1.85. The standard InChI is InChI=1S/C12H14O3/c1-14-11-4-2-9(3-5-11)12-6-10(12)7-15-8-13/h2-5,8,10,12H,6-7H2,1H3/t10-,12-/m0/s1. The number of carbonyl (C=O) groups is 1. The number of methoxy groups -OCH3 is 1. The Morgan fingerprint density at radius 3 is 2.73 bits per heavy atom. The molecule has 15 heavy (non-hydrogen) atoms. The van der Waals surface area contributed by atoms with Gasteiger partial charge in [0.15, 0.2) is 0 Å². The summed E-state index contributed by atoms with van der Waals surface area (Å²) in [5.74, 6) is 1.93. The molecule has 0 aromatic heterocycles. The Labute approximate surface area is 89.0 Å². The van der Waals surface area contributed by atoms with Gasteiger partial charge in [-0.05, 0) is 30.0 Å². The fraction of sp³-hybridized carbons (Fsp3) is 0.417. The highest BCUT2D eigenvalue weighted by atomic mass is 16.5. The van der Waals surface area contributed by atoms with Gasteiger partial charge in [0.2, 0.25) is 0 Å². The summed E-state index contributed by atoms with van der Waals surface area (Å²) in [5, 5.41) is 0. The molecule has 1 aromatic carbocycles. The monoisotopic (exact) mass is 206 g/mol. The topological polar surface area (TPSA) is 35.5 Å². The minimum Gasteiger partial charge on any atom is -0.497 e. The Morgan fingerprint density at radius 2 is 2.13 bits per heavy atom. The first-order valence-corrected chi connectivity index (χ1v) is 5.04. The van der Waals surface area contributed by atoms with Crippen LogP contribution in [0.5, 0.6) is 5.75 Å². The maximum atomic E-state index is 10.0. The third kappa shape index (κ3) is 2.29. The van der Waals surface area contributed by atoms with Crippen molar-refractivity contribution >= 4 is 6.47 Å². The van der Waals surface area contributed by atoms with Gasteiger partial charge in [0.25, 0.3) is 6.47 Å². The first-order chi connectivity index (χ1) is 7.35. The minimum atomic E-state index is 0.503. The molecule has 0 bridgehead atoms. The van der Waals surface area contributed by atoms with Gasteiger partial charge in [-0.15, -0.1) is 0 Å². The van der Waals surface area contributed by atoms with Gasteiger partial charge in [0, 0.05) is 5.92 Å². The number of benzene rings is 1. The largest absolute Gasteiger partial charge is 0.497 e. The molecule has 1 fully saturated rings. The van der Waals surface area contributed by atoms with Gasteiger partial charge in [-0.25, -0.2) is 0 Å². The number of hydrogen-bond donors (Lipinski definition) is 0. The van der Waals surface area contributed by atoms with E-state index in [4.69, 9.17) is 9.47 Å². The molecule has 2 rings (SSSR count). The lowest BCUT2D eigenvalue weighted by Crippen LogP contribution is -1.95. The molecule has 80 valence electrons. The summed E-state index contributed by atoms with van der Waals surface area (Å²) in [5.41, 5.74) is 1.30. The van der Waals surface area contributed by atoms with E-state index in [9.17, 15) is 4.79 Å². The van der Waals surface area contributed by atoms with E-state index in [1.165, 1.54) is 5.56 Å². The molecule has 0 radical (unpaired) electrons. The summed E-state index contributed by atoms with van der Waals surface area (Å²) in [7, 11) is 1.66. The molecule has 1 saturated carbocycles. The lowest BCUT2D eigenvalue weighted by molar-refractivity contribution is -0.129. The van der Waals surface area contributed by atoms with Crippen molar-refractivity contribution in [3.63, 3.8) is 0 Å². The molecule has 0 heterocycles. The van der Waals surface area contributed by atoms with Crippen LogP contribution in [0.1, 0.15) is 17.9 Å². The van der Waals surface area contributed by atoms with Gasteiger partial charge in [0.1, 0.15) is 5.75 Å². The zero-order chi connectivity index (χ0) is 10.7. The third-order valence-electron chi connectivity index (χ3n) is 2.84. The maximum absolute atomic E-state index is 10.0. The lowest BCUT2D eigenvalue weighted by Gasteiger charge is -2.02. The highest BCUT2D eigenvalue weighted by Gasteiger charge is 2.38. The fourth-order valence-electron chi connectivity index (χ4n) is 1.85. The van der Waals surface area contributed by atoms with Gasteiger partial charge in [-0.3, -0.25) is 4.79 Å². The molecular formula is C12H14O3. The smallest absolute Gasteiger partial charge is 0.293 e. The van der Waals surface area contributed by atoms with Crippen molar-refractivity contribution in [3.8, 4) is 5.75 Å². The van der Waals surface area contributed by atoms with Gasteiger partial charge in [-0.1, -0.05) is 12.1 Å². The molecule has 3 nitrogen and oxygen atoms in total. The number of carbonyl (C=O) groups excluding carboxylic acids is 1. The minimum absolute atomic E-state index is 0.503. The summed E-state index contributed by atoms with van der Waals surface area (Å²) in [4.78, 5) is 10.0. The van der Waals surface area contributed by atoms with Crippen molar-refractivity contribution in [2.45, 2.75) is 12.3 Å². The molecule has 1 aliphatic rings. The van der Waals surface area contributed by atoms with Crippen molar-refractivity contribution in [2.24, 2.45) is 5.92 Å². The summed E-state index contributed by atoms with van der Waals surface area (Å²) >= 11 is 0. The Hall–Kier alpha value is -1.51. The van der Waals surface area contributed by atoms with Crippen molar-refractivity contribution in [1.29, 1.82) is 0 Å². The molecule has 0 spiro atoms. The highest BCUT2D eigenvalue weighted by Crippen LogP contribution is 2.47. The van der Waals surface area contributed by atoms with Crippen molar-refractivity contribution in [1.82, 2.24) is 0 Å². The highest BCUT2D eigenvalue weighted by molar-refractivity contribution is 5.37. The Morgan fingerprint density at radius 1 is 1.40 bits per heavy atom. The van der Waals surface area contributed by atoms with Crippen LogP contribution >= 0.6 is 0 Å². The van der Waals surface area contributed by atoms with Gasteiger partial charge >= 0.3 is 0 Å². The van der Waals surface area contributed by atoms with E-state index < -0.39 is 0 Å². The van der Waals surface area contributed by atoms with Crippen molar-refractivity contribution in [2.75, 3.05) is 13.7 Å². The van der Waals surface area contributed by atoms with E-state index >= 15 is 0 Å². The summed E-state index contributed by atoms with van der Waals surface area (Å²) in [6.45, 7) is 1.06. The van der Waals surface area contributed by atoms with Crippen molar-refractivity contribution < 1.29 is 14.3 Å². The van der Waals surface area contributed by atoms with Crippen LogP contribution in [-0.2, 0) is 9.53 Å². The Balaban J connectivity index is 1.92. The molecule has 0 amide bonds. The molecule has 2 atom stereocenters. The van der Waals surface area contributed by atoms with E-state index in [1.807, 2.05) is 12.1 Å². The first-order valence-electron chi connectivity index (χ1n) is 5.04. The second-order valence-corrected chi connectivity index (χ2v) is 3.80. The first kappa shape index (κ1) is 10.0. The predicted molar refractivity (Wildman–Crippen MR) is 55.9 cm³/mol. The number of hydrogen-bond acceptors (Lipinski definition) is 3. The van der Waals surface area contributed by atoms with Crippen LogP contribution in [0.4, 0.5) is 0 Å². The van der Waals surface area contributed by atoms with Gasteiger partial charge in [-0.2, -0.15) is 0 Å². The van der Waals surface area contributed by atoms with E-state index in [-0.39, 0.29) is 0 Å². The van der Waals surface area contributed by atoms with Crippen LogP contribution in [0.15, 0.2) is 24.3 Å². The summed E-state index contributed by atoms with van der Waals surface area (Å²) in [6.07, 6.45) is 1.11. The molecule has 3 heteroatoms. The third-order valence-corrected chi connectivity index (χ3v) is 2.84. The van der Waals surface area contributed by atoms with Crippen LogP contribution < -0.4 is 4.74 Å². The average Bonchev–Trinajstić information content (AvgIpc) is 3.06. The molecule has 1 aromatic rings. The van der Waals surface area contributed by atoms with Crippen LogP contribution in [0, 0.1) is 5.92 Å². The zero-order valence-electron chi connectivity index (χ0n) is 8.68. The molecular weight excluding hydrogens is 192 g/mol. The second kappa shape index (κ2) is 4.34. The summed E-state index contributed by atoms with van der Waals surface area (Å²) in [6, 6.07) is 8.07. The van der Waals surface area contributed by atoms with Crippen LogP contribution in [0.2, 0.25) is 0 Å². The zero-order valence-corrected chi connectivity index (χ0v) is 8.68. The van der Waals surface area contributed by atoms with E-state index in [1.54, 1.807) is 7.11 Å². The normalized spacial score (nSPS) is 23.3. The van der Waals surface area contributed by atoms with Gasteiger partial charge in [0.05, 0.1) is 13.7 Å². The molecule has 0 aliphatic heterocycles. The van der Waals surface area contributed by atoms with E-state index in [0.29, 0.717) is 24.9 Å². The van der Waals surface area contributed by atoms with E-state index in [2.05, 4.69) is 12.1 Å². The lowest BCUT2D eigenvalue weighted by atomic mass is 10.1. The van der Waals surface area contributed by atoms with Crippen LogP contribution in [0.25, 0.3) is 0 Å². The summed E-state index contributed by atoms with van der Waals surface area (Å²) < 4.78 is 9.84. The predicted octanol–water partition coefficient (Wildman–Crippen LogP) is 1.97. The quantitative estimate of drug-likeness (QED) is 0.691. The van der Waals surface area contributed by atoms with E-state index in [0.717, 1.165) is 12.2 Å². The molecule has 0 N–H and O–H groups in total. The molecule has 0 unspecified atom stereocenters. The average molecular weight is 206 g/mol. The van der Waals surface area contributed by atoms with Gasteiger partial charge < -0.3 is 9.47 Å². The van der Waals surface area contributed by atoms with Crippen LogP contribution in [0.3, 0.4) is 0 Å². The Bertz CT molecular complexity index is 331. The second-order valence-electron chi connectivity index (χ2n) is 3.80. The molecule has 1 aliphatic carbocycles. The molecule has 0 saturated heterocycles. The Kier molecular flexibility index (Phi) is 2.90. The SMILES string of the molecule is COc1ccc([C@@H]2C[C@H]2COC=O)cc1. The van der Waals surface area contributed by atoms with Crippen molar-refractivity contribution in [3.05, 3.63) is 29.8 Å².